The largest absolute Gasteiger partial charge is 0.493 e. The summed E-state index contributed by atoms with van der Waals surface area (Å²) in [5.74, 6) is 0.346. The van der Waals surface area contributed by atoms with Gasteiger partial charge in [-0.05, 0) is 48.0 Å². The first-order chi connectivity index (χ1) is 12.6. The van der Waals surface area contributed by atoms with Crippen LogP contribution in [-0.2, 0) is 6.42 Å². The lowest BCUT2D eigenvalue weighted by atomic mass is 10.2. The Kier molecular flexibility index (Phi) is 5.66. The number of pyridine rings is 2. The number of rotatable bonds is 6. The van der Waals surface area contributed by atoms with Gasteiger partial charge in [0.25, 0.3) is 11.5 Å². The van der Waals surface area contributed by atoms with E-state index < -0.39 is 5.56 Å². The highest BCUT2D eigenvalue weighted by Gasteiger charge is 2.08. The molecule has 3 aromatic rings. The van der Waals surface area contributed by atoms with Gasteiger partial charge in [-0.15, -0.1) is 0 Å². The first-order valence-corrected chi connectivity index (χ1v) is 8.31. The Balaban J connectivity index is 1.54. The quantitative estimate of drug-likeness (QED) is 0.698. The van der Waals surface area contributed by atoms with Gasteiger partial charge in [-0.2, -0.15) is 0 Å². The van der Waals surface area contributed by atoms with E-state index in [0.29, 0.717) is 18.0 Å². The Hall–Kier alpha value is -3.12. The van der Waals surface area contributed by atoms with E-state index >= 15 is 0 Å². The average molecular weight is 370 g/mol. The van der Waals surface area contributed by atoms with E-state index in [1.54, 1.807) is 36.7 Å². The van der Waals surface area contributed by atoms with E-state index in [1.165, 1.54) is 12.3 Å². The fraction of sp³-hybridized carbons (Fsp3) is 0.105. The number of carbonyl (C=O) groups excluding carboxylic acids is 1. The number of nitrogens with zero attached hydrogens (tertiary/aromatic N) is 1. The lowest BCUT2D eigenvalue weighted by Gasteiger charge is -2.08. The minimum Gasteiger partial charge on any atom is -0.493 e. The molecule has 0 aliphatic heterocycles. The van der Waals surface area contributed by atoms with Crippen LogP contribution in [0.15, 0.2) is 65.8 Å². The molecule has 0 aliphatic rings. The van der Waals surface area contributed by atoms with Crippen LogP contribution in [0.4, 0.5) is 5.69 Å². The Labute approximate surface area is 154 Å². The number of halogens is 1. The van der Waals surface area contributed by atoms with Gasteiger partial charge in [0.2, 0.25) is 0 Å². The first kappa shape index (κ1) is 17.7. The fourth-order valence-electron chi connectivity index (χ4n) is 2.26. The second-order valence-corrected chi connectivity index (χ2v) is 5.91. The SMILES string of the molecule is O=C(Nc1ccc(OCCc2ccncc2)cc1)c1c[nH]c(=O)c(Cl)c1. The number of carbonyl (C=O) groups is 1. The maximum Gasteiger partial charge on any atom is 0.266 e. The lowest BCUT2D eigenvalue weighted by Crippen LogP contribution is -2.15. The summed E-state index contributed by atoms with van der Waals surface area (Å²) in [5.41, 5.74) is 1.60. The van der Waals surface area contributed by atoms with Gasteiger partial charge < -0.3 is 15.0 Å². The van der Waals surface area contributed by atoms with Crippen LogP contribution < -0.4 is 15.6 Å². The van der Waals surface area contributed by atoms with E-state index in [1.807, 2.05) is 12.1 Å². The normalized spacial score (nSPS) is 10.3. The Bertz CT molecular complexity index is 940. The van der Waals surface area contributed by atoms with Crippen molar-refractivity contribution in [2.45, 2.75) is 6.42 Å². The monoisotopic (exact) mass is 369 g/mol. The van der Waals surface area contributed by atoms with Gasteiger partial charge >= 0.3 is 0 Å². The summed E-state index contributed by atoms with van der Waals surface area (Å²) in [7, 11) is 0. The zero-order valence-corrected chi connectivity index (χ0v) is 14.5. The third-order valence-corrected chi connectivity index (χ3v) is 3.92. The highest BCUT2D eigenvalue weighted by Crippen LogP contribution is 2.17. The topological polar surface area (TPSA) is 84.1 Å². The fourth-order valence-corrected chi connectivity index (χ4v) is 2.43. The number of hydrogen-bond acceptors (Lipinski definition) is 4. The van der Waals surface area contributed by atoms with Crippen LogP contribution in [0.2, 0.25) is 5.02 Å². The smallest absolute Gasteiger partial charge is 0.266 e. The molecule has 1 amide bonds. The molecule has 0 saturated heterocycles. The second-order valence-electron chi connectivity index (χ2n) is 5.50. The van der Waals surface area contributed by atoms with Crippen molar-refractivity contribution in [3.63, 3.8) is 0 Å². The number of aromatic amines is 1. The molecule has 2 N–H and O–H groups in total. The minimum atomic E-state index is -0.434. The summed E-state index contributed by atoms with van der Waals surface area (Å²) in [6.45, 7) is 0.547. The number of anilines is 1. The van der Waals surface area contributed by atoms with Crippen molar-refractivity contribution < 1.29 is 9.53 Å². The number of amides is 1. The molecule has 0 unspecified atom stereocenters. The van der Waals surface area contributed by atoms with Crippen molar-refractivity contribution in [2.75, 3.05) is 11.9 Å². The molecular weight excluding hydrogens is 354 g/mol. The van der Waals surface area contributed by atoms with Crippen LogP contribution >= 0.6 is 11.6 Å². The van der Waals surface area contributed by atoms with Crippen molar-refractivity contribution >= 4 is 23.2 Å². The summed E-state index contributed by atoms with van der Waals surface area (Å²) < 4.78 is 5.69. The number of H-pyrrole nitrogens is 1. The van der Waals surface area contributed by atoms with E-state index in [2.05, 4.69) is 15.3 Å². The van der Waals surface area contributed by atoms with Crippen molar-refractivity contribution in [1.29, 1.82) is 0 Å². The van der Waals surface area contributed by atoms with Gasteiger partial charge in [0.1, 0.15) is 10.8 Å². The van der Waals surface area contributed by atoms with Gasteiger partial charge in [-0.1, -0.05) is 11.6 Å². The summed E-state index contributed by atoms with van der Waals surface area (Å²) in [6, 6.07) is 12.3. The second kappa shape index (κ2) is 8.31. The molecule has 6 nitrogen and oxygen atoms in total. The maximum absolute atomic E-state index is 12.2. The van der Waals surface area contributed by atoms with Gasteiger partial charge in [-0.3, -0.25) is 14.6 Å². The third-order valence-electron chi connectivity index (χ3n) is 3.64. The molecule has 0 fully saturated rings. The van der Waals surface area contributed by atoms with Crippen LogP contribution in [0.1, 0.15) is 15.9 Å². The Morgan fingerprint density at radius 1 is 1.15 bits per heavy atom. The molecule has 1 aromatic carbocycles. The van der Waals surface area contributed by atoms with E-state index in [0.717, 1.165) is 12.0 Å². The molecule has 0 radical (unpaired) electrons. The number of nitrogens with one attached hydrogen (secondary N) is 2. The van der Waals surface area contributed by atoms with Gasteiger partial charge in [0.05, 0.1) is 12.2 Å². The highest BCUT2D eigenvalue weighted by atomic mass is 35.5. The molecule has 0 spiro atoms. The lowest BCUT2D eigenvalue weighted by molar-refractivity contribution is 0.102. The molecule has 132 valence electrons. The predicted octanol–water partition coefficient (Wildman–Crippen LogP) is 3.30. The Morgan fingerprint density at radius 2 is 1.88 bits per heavy atom. The van der Waals surface area contributed by atoms with E-state index in [-0.39, 0.29) is 16.5 Å². The molecule has 0 aliphatic carbocycles. The molecule has 3 rings (SSSR count). The van der Waals surface area contributed by atoms with Gasteiger partial charge in [0.15, 0.2) is 0 Å². The number of hydrogen-bond donors (Lipinski definition) is 2. The zero-order valence-electron chi connectivity index (χ0n) is 13.7. The molecular formula is C19H16ClN3O3. The van der Waals surface area contributed by atoms with Crippen LogP contribution in [0.5, 0.6) is 5.75 Å². The highest BCUT2D eigenvalue weighted by molar-refractivity contribution is 6.30. The van der Waals surface area contributed by atoms with Crippen LogP contribution in [0.3, 0.4) is 0 Å². The molecule has 0 bridgehead atoms. The minimum absolute atomic E-state index is 0.0319. The van der Waals surface area contributed by atoms with Crippen molar-refractivity contribution in [1.82, 2.24) is 9.97 Å². The molecule has 0 atom stereocenters. The summed E-state index contributed by atoms with van der Waals surface area (Å²) >= 11 is 5.73. The molecule has 7 heteroatoms. The zero-order chi connectivity index (χ0) is 18.4. The van der Waals surface area contributed by atoms with Crippen molar-refractivity contribution in [3.8, 4) is 5.75 Å². The molecule has 2 heterocycles. The van der Waals surface area contributed by atoms with Crippen LogP contribution in [-0.4, -0.2) is 22.5 Å². The van der Waals surface area contributed by atoms with Crippen molar-refractivity contribution in [3.05, 3.63) is 87.6 Å². The van der Waals surface area contributed by atoms with Crippen molar-refractivity contribution in [2.24, 2.45) is 0 Å². The van der Waals surface area contributed by atoms with Gasteiger partial charge in [-0.25, -0.2) is 0 Å². The predicted molar refractivity (Wildman–Crippen MR) is 99.9 cm³/mol. The maximum atomic E-state index is 12.2. The molecule has 2 aromatic heterocycles. The van der Waals surface area contributed by atoms with E-state index in [4.69, 9.17) is 16.3 Å². The van der Waals surface area contributed by atoms with Crippen LogP contribution in [0, 0.1) is 0 Å². The number of ether oxygens (including phenoxy) is 1. The first-order valence-electron chi connectivity index (χ1n) is 7.93. The van der Waals surface area contributed by atoms with Gasteiger partial charge in [0, 0.05) is 30.7 Å². The summed E-state index contributed by atoms with van der Waals surface area (Å²) in [5, 5.41) is 2.70. The number of benzene rings is 1. The third kappa shape index (κ3) is 4.70. The molecule has 0 saturated carbocycles. The Morgan fingerprint density at radius 3 is 2.58 bits per heavy atom. The number of aromatic nitrogens is 2. The average Bonchev–Trinajstić information content (AvgIpc) is 2.66. The van der Waals surface area contributed by atoms with Crippen LogP contribution in [0.25, 0.3) is 0 Å². The summed E-state index contributed by atoms with van der Waals surface area (Å²) in [6.07, 6.45) is 5.61. The van der Waals surface area contributed by atoms with E-state index in [9.17, 15) is 9.59 Å². The molecule has 26 heavy (non-hydrogen) atoms. The standard InChI is InChI=1S/C19H16ClN3O3/c20-17-11-14(12-22-19(17)25)18(24)23-15-1-3-16(4-2-15)26-10-7-13-5-8-21-9-6-13/h1-6,8-9,11-12H,7,10H2,(H,22,25)(H,23,24). The summed E-state index contributed by atoms with van der Waals surface area (Å²) in [4.78, 5) is 29.8.